The molecule has 1 N–H and O–H groups in total. The molecule has 3 nitrogen and oxygen atoms in total. The van der Waals surface area contributed by atoms with Gasteiger partial charge in [0.05, 0.1) is 11.3 Å². The fraction of sp³-hybridized carbons (Fsp3) is 0.0714. The summed E-state index contributed by atoms with van der Waals surface area (Å²) in [4.78, 5) is 1.91. The Labute approximate surface area is 100 Å². The van der Waals surface area contributed by atoms with Crippen LogP contribution in [0.5, 0.6) is 5.75 Å². The van der Waals surface area contributed by atoms with Crippen molar-refractivity contribution in [1.29, 1.82) is 5.26 Å². The van der Waals surface area contributed by atoms with Crippen LogP contribution < -0.4 is 4.90 Å². The van der Waals surface area contributed by atoms with Crippen molar-refractivity contribution in [3.63, 3.8) is 0 Å². The molecule has 0 heterocycles. The Kier molecular flexibility index (Phi) is 2.97. The third-order valence-corrected chi connectivity index (χ3v) is 2.62. The normalized spacial score (nSPS) is 9.65. The number of benzene rings is 2. The number of para-hydroxylation sites is 1. The van der Waals surface area contributed by atoms with Gasteiger partial charge in [-0.15, -0.1) is 0 Å². The van der Waals surface area contributed by atoms with E-state index in [4.69, 9.17) is 5.26 Å². The van der Waals surface area contributed by atoms with Gasteiger partial charge < -0.3 is 10.0 Å². The molecule has 0 radical (unpaired) electrons. The molecule has 0 aliphatic rings. The highest BCUT2D eigenvalue weighted by molar-refractivity contribution is 5.68. The Bertz CT molecular complexity index is 555. The van der Waals surface area contributed by atoms with Gasteiger partial charge in [-0.1, -0.05) is 12.1 Å². The molecule has 0 spiro atoms. The first kappa shape index (κ1) is 11.0. The van der Waals surface area contributed by atoms with Crippen molar-refractivity contribution >= 4 is 11.4 Å². The van der Waals surface area contributed by atoms with E-state index in [0.717, 1.165) is 11.4 Å². The van der Waals surface area contributed by atoms with E-state index < -0.39 is 0 Å². The van der Waals surface area contributed by atoms with Gasteiger partial charge in [-0.05, 0) is 36.4 Å². The molecule has 0 fully saturated rings. The molecule has 2 rings (SSSR count). The Morgan fingerprint density at radius 2 is 1.71 bits per heavy atom. The molecule has 0 bridgehead atoms. The molecule has 3 heteroatoms. The van der Waals surface area contributed by atoms with Gasteiger partial charge in [0, 0.05) is 12.7 Å². The molecular weight excluding hydrogens is 212 g/mol. The van der Waals surface area contributed by atoms with E-state index in [-0.39, 0.29) is 5.75 Å². The molecule has 2 aromatic rings. The first-order chi connectivity index (χ1) is 8.22. The van der Waals surface area contributed by atoms with Crippen molar-refractivity contribution in [3.8, 4) is 11.8 Å². The van der Waals surface area contributed by atoms with Crippen LogP contribution in [0.1, 0.15) is 5.56 Å². The summed E-state index contributed by atoms with van der Waals surface area (Å²) < 4.78 is 0. The summed E-state index contributed by atoms with van der Waals surface area (Å²) in [5.74, 6) is 0.232. The Balaban J connectivity index is 2.40. The first-order valence-corrected chi connectivity index (χ1v) is 5.24. The maximum absolute atomic E-state index is 9.24. The summed E-state index contributed by atoms with van der Waals surface area (Å²) in [7, 11) is 1.89. The molecule has 0 unspecified atom stereocenters. The van der Waals surface area contributed by atoms with Crippen molar-refractivity contribution in [1.82, 2.24) is 0 Å². The summed E-state index contributed by atoms with van der Waals surface area (Å²) in [6, 6.07) is 16.5. The van der Waals surface area contributed by atoms with Gasteiger partial charge in [0.25, 0.3) is 0 Å². The molecule has 2 aromatic carbocycles. The molecule has 0 aliphatic carbocycles. The minimum absolute atomic E-state index is 0.232. The highest BCUT2D eigenvalue weighted by atomic mass is 16.3. The lowest BCUT2D eigenvalue weighted by Gasteiger charge is -2.20. The minimum Gasteiger partial charge on any atom is -0.508 e. The van der Waals surface area contributed by atoms with Crippen molar-refractivity contribution < 1.29 is 5.11 Å². The third kappa shape index (κ3) is 2.21. The second kappa shape index (κ2) is 4.58. The van der Waals surface area contributed by atoms with Crippen LogP contribution in [-0.4, -0.2) is 12.2 Å². The third-order valence-electron chi connectivity index (χ3n) is 2.62. The summed E-state index contributed by atoms with van der Waals surface area (Å²) in [5.41, 5.74) is 2.40. The van der Waals surface area contributed by atoms with Gasteiger partial charge in [0.2, 0.25) is 0 Å². The Hall–Kier alpha value is -2.47. The van der Waals surface area contributed by atoms with E-state index in [1.165, 1.54) is 0 Å². The topological polar surface area (TPSA) is 47.3 Å². The molecule has 0 saturated carbocycles. The summed E-state index contributed by atoms with van der Waals surface area (Å²) in [6.07, 6.45) is 0. The number of phenols is 1. The lowest BCUT2D eigenvalue weighted by atomic mass is 10.1. The van der Waals surface area contributed by atoms with Crippen LogP contribution in [0.2, 0.25) is 0 Å². The predicted octanol–water partition coefficient (Wildman–Crippen LogP) is 3.03. The zero-order chi connectivity index (χ0) is 12.3. The van der Waals surface area contributed by atoms with Gasteiger partial charge in [0.1, 0.15) is 11.8 Å². The highest BCUT2D eigenvalue weighted by Crippen LogP contribution is 2.27. The van der Waals surface area contributed by atoms with Gasteiger partial charge in [0.15, 0.2) is 0 Å². The molecule has 17 heavy (non-hydrogen) atoms. The average Bonchev–Trinajstić information content (AvgIpc) is 2.39. The highest BCUT2D eigenvalue weighted by Gasteiger charge is 2.08. The first-order valence-electron chi connectivity index (χ1n) is 5.24. The zero-order valence-corrected chi connectivity index (χ0v) is 9.46. The number of aromatic hydroxyl groups is 1. The molecule has 0 atom stereocenters. The van der Waals surface area contributed by atoms with Crippen molar-refractivity contribution in [2.24, 2.45) is 0 Å². The molecular formula is C14H12N2O. The number of hydrogen-bond donors (Lipinski definition) is 1. The van der Waals surface area contributed by atoms with Crippen LogP contribution in [0.4, 0.5) is 11.4 Å². The monoisotopic (exact) mass is 224 g/mol. The van der Waals surface area contributed by atoms with E-state index in [1.54, 1.807) is 18.2 Å². The van der Waals surface area contributed by atoms with E-state index in [2.05, 4.69) is 6.07 Å². The molecule has 0 aliphatic heterocycles. The number of hydrogen-bond acceptors (Lipinski definition) is 3. The Morgan fingerprint density at radius 1 is 1.06 bits per heavy atom. The van der Waals surface area contributed by atoms with Gasteiger partial charge in [-0.3, -0.25) is 0 Å². The largest absolute Gasteiger partial charge is 0.508 e. The number of anilines is 2. The minimum atomic E-state index is 0.232. The van der Waals surface area contributed by atoms with Crippen LogP contribution in [0.3, 0.4) is 0 Å². The summed E-state index contributed by atoms with van der Waals surface area (Å²) in [6.45, 7) is 0. The smallest absolute Gasteiger partial charge is 0.115 e. The SMILES string of the molecule is CN(c1ccc(O)cc1)c1ccccc1C#N. The number of phenolic OH excluding ortho intramolecular Hbond substituents is 1. The molecule has 0 aromatic heterocycles. The standard InChI is InChI=1S/C14H12N2O/c1-16(12-6-8-13(17)9-7-12)14-5-3-2-4-11(14)10-15/h2-9,17H,1H3. The Morgan fingerprint density at radius 3 is 2.35 bits per heavy atom. The van der Waals surface area contributed by atoms with Gasteiger partial charge in [-0.2, -0.15) is 5.26 Å². The summed E-state index contributed by atoms with van der Waals surface area (Å²) >= 11 is 0. The lowest BCUT2D eigenvalue weighted by molar-refractivity contribution is 0.475. The van der Waals surface area contributed by atoms with Gasteiger partial charge in [-0.25, -0.2) is 0 Å². The van der Waals surface area contributed by atoms with Crippen LogP contribution in [0.15, 0.2) is 48.5 Å². The number of rotatable bonds is 2. The predicted molar refractivity (Wildman–Crippen MR) is 67.3 cm³/mol. The fourth-order valence-electron chi connectivity index (χ4n) is 1.68. The summed E-state index contributed by atoms with van der Waals surface area (Å²) in [5, 5.41) is 18.3. The van der Waals surface area contributed by atoms with E-state index in [9.17, 15) is 5.11 Å². The van der Waals surface area contributed by atoms with Crippen LogP contribution >= 0.6 is 0 Å². The number of nitrogens with zero attached hydrogens (tertiary/aromatic N) is 2. The average molecular weight is 224 g/mol. The number of nitriles is 1. The maximum atomic E-state index is 9.24. The van der Waals surface area contributed by atoms with Crippen LogP contribution in [0.25, 0.3) is 0 Å². The fourth-order valence-corrected chi connectivity index (χ4v) is 1.68. The zero-order valence-electron chi connectivity index (χ0n) is 9.46. The van der Waals surface area contributed by atoms with Crippen LogP contribution in [0, 0.1) is 11.3 Å². The van der Waals surface area contributed by atoms with Crippen molar-refractivity contribution in [2.45, 2.75) is 0 Å². The van der Waals surface area contributed by atoms with Crippen molar-refractivity contribution in [2.75, 3.05) is 11.9 Å². The molecule has 0 saturated heterocycles. The lowest BCUT2D eigenvalue weighted by Crippen LogP contribution is -2.10. The quantitative estimate of drug-likeness (QED) is 0.852. The van der Waals surface area contributed by atoms with Crippen LogP contribution in [-0.2, 0) is 0 Å². The van der Waals surface area contributed by atoms with Gasteiger partial charge >= 0.3 is 0 Å². The maximum Gasteiger partial charge on any atom is 0.115 e. The second-order valence-electron chi connectivity index (χ2n) is 3.70. The van der Waals surface area contributed by atoms with E-state index in [0.29, 0.717) is 5.56 Å². The second-order valence-corrected chi connectivity index (χ2v) is 3.70. The molecule has 84 valence electrons. The van der Waals surface area contributed by atoms with E-state index in [1.807, 2.05) is 42.3 Å². The van der Waals surface area contributed by atoms with E-state index >= 15 is 0 Å². The molecule has 0 amide bonds. The van der Waals surface area contributed by atoms with Crippen molar-refractivity contribution in [3.05, 3.63) is 54.1 Å².